The van der Waals surface area contributed by atoms with Crippen molar-refractivity contribution in [3.63, 3.8) is 0 Å². The number of aliphatic hydroxyl groups excluding tert-OH is 1. The summed E-state index contributed by atoms with van der Waals surface area (Å²) < 4.78 is 7.06. The molecule has 4 aliphatic carbocycles. The maximum absolute atomic E-state index is 10.3. The first kappa shape index (κ1) is 27.1. The van der Waals surface area contributed by atoms with Gasteiger partial charge in [0.1, 0.15) is 0 Å². The summed E-state index contributed by atoms with van der Waals surface area (Å²) in [4.78, 5) is 0. The van der Waals surface area contributed by atoms with Gasteiger partial charge < -0.3 is 4.55 Å². The van der Waals surface area contributed by atoms with Gasteiger partial charge in [0.2, 0.25) is 0 Å². The number of fused-ring (bicyclic) bond motifs is 5. The predicted octanol–water partition coefficient (Wildman–Crippen LogP) is 8.27. The van der Waals surface area contributed by atoms with Crippen LogP contribution in [0.15, 0.2) is 11.6 Å². The Labute approximate surface area is 213 Å². The smallest absolute Gasteiger partial charge is 0 e. The molecule has 0 aromatic carbocycles. The molecule has 0 saturated heterocycles. The van der Waals surface area contributed by atoms with Crippen molar-refractivity contribution in [1.82, 2.24) is 0 Å². The molecule has 0 aliphatic heterocycles. The molecule has 2 N–H and O–H groups in total. The minimum absolute atomic E-state index is 0. The Morgan fingerprint density at radius 2 is 1.81 bits per heavy atom. The summed E-state index contributed by atoms with van der Waals surface area (Å²) >= 11 is 6.35. The molecule has 4 heteroatoms. The summed E-state index contributed by atoms with van der Waals surface area (Å²) in [6.45, 7) is 9.76. The molecule has 0 bridgehead atoms. The first-order chi connectivity index (χ1) is 15.3. The first-order valence-corrected chi connectivity index (χ1v) is 14.8. The molecule has 1 radical (unpaired) electrons. The normalized spacial score (nSPS) is 45.9. The van der Waals surface area contributed by atoms with Gasteiger partial charge in [0, 0.05) is 1.43 Å². The summed E-state index contributed by atoms with van der Waals surface area (Å²) in [6, 6.07) is 0. The average Bonchev–Trinajstić information content (AvgIpc) is 3.15. The molecule has 4 rings (SSSR count). The van der Waals surface area contributed by atoms with E-state index in [1.165, 1.54) is 77.0 Å². The van der Waals surface area contributed by atoms with Crippen LogP contribution in [0.1, 0.15) is 119 Å². The molecule has 4 aliphatic rings. The van der Waals surface area contributed by atoms with E-state index in [1.807, 2.05) is 0 Å². The van der Waals surface area contributed by atoms with E-state index in [1.54, 1.807) is 5.57 Å². The van der Waals surface area contributed by atoms with Crippen LogP contribution in [0.5, 0.6) is 0 Å². The first-order valence-electron chi connectivity index (χ1n) is 13.6. The molecule has 0 aromatic rings. The van der Waals surface area contributed by atoms with E-state index in [9.17, 15) is 5.11 Å². The average molecular weight is 531 g/mol. The Bertz CT molecular complexity index is 660. The van der Waals surface area contributed by atoms with Crippen LogP contribution < -0.4 is 0 Å². The molecule has 187 valence electrons. The Morgan fingerprint density at radius 3 is 2.47 bits per heavy atom. The molecule has 0 aromatic heterocycles. The minimum atomic E-state index is -0.0412. The number of hydrogen-bond donors (Lipinski definition) is 3. The van der Waals surface area contributed by atoms with Gasteiger partial charge in [-0.25, -0.2) is 0 Å². The fourth-order valence-electron chi connectivity index (χ4n) is 9.45. The number of thiol groups is 1. The van der Waals surface area contributed by atoms with E-state index < -0.39 is 0 Å². The molecule has 32 heavy (non-hydrogen) atoms. The summed E-state index contributed by atoms with van der Waals surface area (Å²) in [6.07, 6.45) is 21.0. The zero-order valence-corrected chi connectivity index (χ0v) is 23.7. The van der Waals surface area contributed by atoms with Crippen LogP contribution in [0.3, 0.4) is 0 Å². The number of rotatable bonds is 6. The number of allylic oxidation sites excluding steroid dienone is 2. The predicted molar refractivity (Wildman–Crippen MR) is 142 cm³/mol. The van der Waals surface area contributed by atoms with Gasteiger partial charge >= 0.3 is 195 Å². The zero-order chi connectivity index (χ0) is 23.6. The zero-order valence-electron chi connectivity index (χ0n) is 21.1. The molecular weight excluding hydrogens is 479 g/mol. The molecule has 0 spiro atoms. The maximum Gasteiger partial charge on any atom is 0 e. The number of hydrogen-bond acceptors (Lipinski definition) is 3. The van der Waals surface area contributed by atoms with E-state index in [4.69, 9.17) is 4.55 Å². The summed E-state index contributed by atoms with van der Waals surface area (Å²) in [7, 11) is 0. The van der Waals surface area contributed by atoms with Crippen molar-refractivity contribution in [1.29, 1.82) is 0 Å². The van der Waals surface area contributed by atoms with E-state index in [0.717, 1.165) is 36.5 Å². The van der Waals surface area contributed by atoms with Crippen LogP contribution in [0.25, 0.3) is 0 Å². The van der Waals surface area contributed by atoms with Crippen molar-refractivity contribution in [3.8, 4) is 0 Å². The van der Waals surface area contributed by atoms with Crippen molar-refractivity contribution in [3.05, 3.63) is 11.6 Å². The maximum atomic E-state index is 10.3. The molecule has 4 saturated carbocycles. The van der Waals surface area contributed by atoms with Crippen LogP contribution in [0, 0.1) is 34.5 Å². The summed E-state index contributed by atoms with van der Waals surface area (Å²) in [5, 5.41) is 10.3. The van der Waals surface area contributed by atoms with E-state index in [2.05, 4.69) is 62.7 Å². The second kappa shape index (κ2) is 11.1. The van der Waals surface area contributed by atoms with Crippen molar-refractivity contribution in [2.45, 2.75) is 128 Å². The molecule has 0 heterocycles. The number of aliphatic hydroxyl groups is 1. The molecule has 8 atom stereocenters. The van der Waals surface area contributed by atoms with Gasteiger partial charge in [-0.1, -0.05) is 0 Å². The molecule has 2 nitrogen and oxygen atoms in total. The minimum Gasteiger partial charge on any atom is -0.333 e. The second-order valence-corrected chi connectivity index (χ2v) is 13.4. The van der Waals surface area contributed by atoms with E-state index in [-0.39, 0.29) is 7.53 Å². The molecule has 4 fully saturated rings. The largest absolute Gasteiger partial charge is 0.333 e. The van der Waals surface area contributed by atoms with Crippen molar-refractivity contribution in [2.75, 3.05) is 0 Å². The SMILES string of the molecule is C/C=C(\CC)CCCC1CCC2C1(C)CCC1C3([Se])CCC(O)CC3CCC21CC.OS.[HH]. The van der Waals surface area contributed by atoms with Crippen LogP contribution in [0.4, 0.5) is 0 Å². The van der Waals surface area contributed by atoms with Crippen LogP contribution >= 0.6 is 12.9 Å². The summed E-state index contributed by atoms with van der Waals surface area (Å²) in [5.41, 5.74) is 2.79. The molecular formula is C28H51O2SSe. The van der Waals surface area contributed by atoms with Gasteiger partial charge in [0.25, 0.3) is 0 Å². The van der Waals surface area contributed by atoms with Crippen molar-refractivity contribution >= 4 is 28.9 Å². The van der Waals surface area contributed by atoms with Gasteiger partial charge in [0.15, 0.2) is 0 Å². The van der Waals surface area contributed by atoms with E-state index >= 15 is 0 Å². The third-order valence-electron chi connectivity index (χ3n) is 11.1. The Morgan fingerprint density at radius 1 is 1.06 bits per heavy atom. The second-order valence-electron chi connectivity index (χ2n) is 11.8. The Hall–Kier alpha value is 0.529. The fourth-order valence-corrected chi connectivity index (χ4v) is 10.9. The Balaban J connectivity index is 0.00000125. The summed E-state index contributed by atoms with van der Waals surface area (Å²) in [5.74, 6) is 3.46. The fraction of sp³-hybridized carbons (Fsp3) is 0.929. The van der Waals surface area contributed by atoms with Gasteiger partial charge in [-0.15, -0.1) is 0 Å². The molecule has 8 unspecified atom stereocenters. The topological polar surface area (TPSA) is 40.5 Å². The third kappa shape index (κ3) is 4.55. The quantitative estimate of drug-likeness (QED) is 0.140. The Kier molecular flexibility index (Phi) is 9.38. The third-order valence-corrected chi connectivity index (χ3v) is 12.9. The van der Waals surface area contributed by atoms with Gasteiger partial charge in [-0.3, -0.25) is 0 Å². The van der Waals surface area contributed by atoms with Gasteiger partial charge in [-0.2, -0.15) is 0 Å². The molecule has 0 amide bonds. The van der Waals surface area contributed by atoms with E-state index in [0.29, 0.717) is 15.1 Å². The standard InChI is InChI=1S/C28H47OSe.H2OS.H2/c1-5-20(6-2)9-8-10-21-11-12-24-26(21,4)16-15-25-27(24,7-3)17-13-22-19-23(29)14-18-28(22,25)30;1-2;/h5,21-25,29H,6-19H2,1-4H3;1-2H;1H/b20-5+;;. The van der Waals surface area contributed by atoms with Crippen LogP contribution in [-0.2, 0) is 0 Å². The van der Waals surface area contributed by atoms with Gasteiger partial charge in [-0.05, 0) is 12.9 Å². The van der Waals surface area contributed by atoms with Gasteiger partial charge in [0.05, 0.1) is 0 Å². The van der Waals surface area contributed by atoms with Crippen LogP contribution in [-0.4, -0.2) is 31.8 Å². The van der Waals surface area contributed by atoms with Crippen molar-refractivity contribution in [2.24, 2.45) is 34.5 Å². The van der Waals surface area contributed by atoms with Crippen molar-refractivity contribution < 1.29 is 11.1 Å². The monoisotopic (exact) mass is 531 g/mol. The van der Waals surface area contributed by atoms with Crippen LogP contribution in [0.2, 0.25) is 4.31 Å².